The Labute approximate surface area is 632 Å². The van der Waals surface area contributed by atoms with Crippen LogP contribution in [0.5, 0.6) is 0 Å². The summed E-state index contributed by atoms with van der Waals surface area (Å²) in [5.41, 5.74) is 0. The van der Waals surface area contributed by atoms with Gasteiger partial charge in [-0.25, -0.2) is 9.13 Å². The molecule has 0 rings (SSSR count). The molecule has 0 aliphatic carbocycles. The number of carbonyl (C=O) groups is 4. The fourth-order valence-corrected chi connectivity index (χ4v) is 14.5. The highest BCUT2D eigenvalue weighted by Crippen LogP contribution is 2.45. The third-order valence-corrected chi connectivity index (χ3v) is 21.5. The summed E-state index contributed by atoms with van der Waals surface area (Å²) in [5.74, 6) is 0.979. The lowest BCUT2D eigenvalue weighted by atomic mass is 10.0. The first-order valence-corrected chi connectivity index (χ1v) is 46.2. The van der Waals surface area contributed by atoms with Crippen LogP contribution < -0.4 is 0 Å². The molecule has 0 amide bonds. The van der Waals surface area contributed by atoms with E-state index < -0.39 is 97.5 Å². The van der Waals surface area contributed by atoms with E-state index in [4.69, 9.17) is 37.0 Å². The van der Waals surface area contributed by atoms with E-state index in [9.17, 15) is 43.2 Å². The average molecular weight is 1510 g/mol. The van der Waals surface area contributed by atoms with Gasteiger partial charge in [-0.05, 0) is 49.4 Å². The van der Waals surface area contributed by atoms with E-state index in [2.05, 4.69) is 55.4 Å². The minimum Gasteiger partial charge on any atom is -0.462 e. The lowest BCUT2D eigenvalue weighted by Crippen LogP contribution is -2.30. The Hall–Kier alpha value is -1.94. The van der Waals surface area contributed by atoms with Crippen LogP contribution >= 0.6 is 15.6 Å². The Morgan fingerprint density at radius 2 is 0.408 bits per heavy atom. The van der Waals surface area contributed by atoms with Crippen LogP contribution in [0, 0.1) is 23.7 Å². The van der Waals surface area contributed by atoms with Crippen molar-refractivity contribution in [3.63, 3.8) is 0 Å². The molecule has 0 saturated carbocycles. The molecule has 0 fully saturated rings. The summed E-state index contributed by atoms with van der Waals surface area (Å²) in [6, 6.07) is 0. The first-order chi connectivity index (χ1) is 49.6. The van der Waals surface area contributed by atoms with Gasteiger partial charge < -0.3 is 33.8 Å². The van der Waals surface area contributed by atoms with Gasteiger partial charge in [0.2, 0.25) is 0 Å². The minimum atomic E-state index is -4.96. The molecule has 0 aliphatic heterocycles. The van der Waals surface area contributed by atoms with E-state index in [1.54, 1.807) is 0 Å². The molecule has 0 aromatic carbocycles. The Morgan fingerprint density at radius 1 is 0.243 bits per heavy atom. The molecule has 0 aliphatic rings. The summed E-state index contributed by atoms with van der Waals surface area (Å²) in [5, 5.41) is 10.7. The maximum Gasteiger partial charge on any atom is 0.472 e. The molecule has 19 heteroatoms. The molecule has 0 saturated heterocycles. The highest BCUT2D eigenvalue weighted by molar-refractivity contribution is 7.47. The third kappa shape index (κ3) is 78.0. The number of phosphoric ester groups is 2. The van der Waals surface area contributed by atoms with E-state index >= 15 is 0 Å². The predicted octanol–water partition coefficient (Wildman–Crippen LogP) is 25.2. The van der Waals surface area contributed by atoms with E-state index in [0.717, 1.165) is 114 Å². The molecule has 0 aromatic heterocycles. The van der Waals surface area contributed by atoms with Gasteiger partial charge in [-0.1, -0.05) is 383 Å². The van der Waals surface area contributed by atoms with E-state index in [1.807, 2.05) is 0 Å². The number of ether oxygens (including phenoxy) is 4. The third-order valence-electron chi connectivity index (χ3n) is 19.6. The van der Waals surface area contributed by atoms with Gasteiger partial charge in [0.25, 0.3) is 0 Å². The van der Waals surface area contributed by atoms with Crippen molar-refractivity contribution >= 4 is 39.5 Å². The molecule has 3 unspecified atom stereocenters. The van der Waals surface area contributed by atoms with Crippen LogP contribution in [0.1, 0.15) is 434 Å². The maximum atomic E-state index is 13.1. The van der Waals surface area contributed by atoms with Gasteiger partial charge in [-0.3, -0.25) is 37.3 Å². The topological polar surface area (TPSA) is 237 Å². The molecule has 0 radical (unpaired) electrons. The molecule has 0 bridgehead atoms. The molecular weight excluding hydrogens is 1340 g/mol. The van der Waals surface area contributed by atoms with E-state index in [0.29, 0.717) is 31.6 Å². The van der Waals surface area contributed by atoms with Crippen molar-refractivity contribution in [1.82, 2.24) is 0 Å². The van der Waals surface area contributed by atoms with E-state index in [-0.39, 0.29) is 25.7 Å². The largest absolute Gasteiger partial charge is 0.472 e. The highest BCUT2D eigenvalue weighted by atomic mass is 31.2. The van der Waals surface area contributed by atoms with Gasteiger partial charge in [0, 0.05) is 25.7 Å². The summed E-state index contributed by atoms with van der Waals surface area (Å²) in [4.78, 5) is 73.1. The number of aliphatic hydroxyl groups is 1. The molecule has 0 heterocycles. The lowest BCUT2D eigenvalue weighted by Gasteiger charge is -2.21. The average Bonchev–Trinajstić information content (AvgIpc) is 0.982. The van der Waals surface area contributed by atoms with Crippen molar-refractivity contribution in [3.05, 3.63) is 0 Å². The van der Waals surface area contributed by atoms with Crippen LogP contribution in [-0.4, -0.2) is 96.7 Å². The van der Waals surface area contributed by atoms with Gasteiger partial charge in [-0.2, -0.15) is 0 Å². The van der Waals surface area contributed by atoms with Crippen molar-refractivity contribution in [3.8, 4) is 0 Å². The molecule has 3 N–H and O–H groups in total. The normalized spacial score (nSPS) is 14.0. The summed E-state index contributed by atoms with van der Waals surface area (Å²) in [7, 11) is -9.93. The molecule has 103 heavy (non-hydrogen) atoms. The van der Waals surface area contributed by atoms with Crippen LogP contribution in [0.3, 0.4) is 0 Å². The second kappa shape index (κ2) is 72.9. The number of aliphatic hydroxyl groups excluding tert-OH is 1. The monoisotopic (exact) mass is 1510 g/mol. The molecule has 5 atom stereocenters. The molecule has 0 spiro atoms. The van der Waals surface area contributed by atoms with Gasteiger partial charge in [0.05, 0.1) is 26.4 Å². The summed E-state index contributed by atoms with van der Waals surface area (Å²) < 4.78 is 68.8. The van der Waals surface area contributed by atoms with Gasteiger partial charge in [0.1, 0.15) is 19.3 Å². The zero-order valence-corrected chi connectivity index (χ0v) is 69.7. The fourth-order valence-electron chi connectivity index (χ4n) is 13.0. The SMILES string of the molecule is CC(C)CCCCCCCCCCCCCCCCCCC(=O)O[C@H](COC(=O)CCCCCCCCCCCCCCCCC(C)C)COP(=O)(O)OCC(O)COP(=O)(O)OC[C@@H](COC(=O)CCCCCCCCC(C)C)OC(=O)CCCCCCCCCCCCCCCCCC(C)C. The number of esters is 4. The van der Waals surface area contributed by atoms with Crippen molar-refractivity contribution in [2.24, 2.45) is 23.7 Å². The highest BCUT2D eigenvalue weighted by Gasteiger charge is 2.30. The van der Waals surface area contributed by atoms with Gasteiger partial charge in [-0.15, -0.1) is 0 Å². The number of hydrogen-bond donors (Lipinski definition) is 3. The number of rotatable bonds is 81. The van der Waals surface area contributed by atoms with Crippen LogP contribution in [0.15, 0.2) is 0 Å². The zero-order valence-electron chi connectivity index (χ0n) is 68.0. The minimum absolute atomic E-state index is 0.106. The summed E-state index contributed by atoms with van der Waals surface area (Å²) in [6.45, 7) is 14.3. The Bertz CT molecular complexity index is 2010. The smallest absolute Gasteiger partial charge is 0.462 e. The van der Waals surface area contributed by atoms with Crippen LogP contribution in [0.2, 0.25) is 0 Å². The zero-order chi connectivity index (χ0) is 76.0. The summed E-state index contributed by atoms with van der Waals surface area (Å²) >= 11 is 0. The van der Waals surface area contributed by atoms with E-state index in [1.165, 1.54) is 231 Å². The molecule has 612 valence electrons. The maximum absolute atomic E-state index is 13.1. The second-order valence-corrected chi connectivity index (χ2v) is 35.0. The molecule has 17 nitrogen and oxygen atoms in total. The van der Waals surface area contributed by atoms with Gasteiger partial charge >= 0.3 is 39.5 Å². The molecule has 0 aromatic rings. The number of unbranched alkanes of at least 4 members (excludes halogenated alkanes) is 47. The van der Waals surface area contributed by atoms with Crippen LogP contribution in [-0.2, 0) is 65.4 Å². The van der Waals surface area contributed by atoms with Crippen molar-refractivity contribution in [2.75, 3.05) is 39.6 Å². The van der Waals surface area contributed by atoms with Crippen LogP contribution in [0.25, 0.3) is 0 Å². The first kappa shape index (κ1) is 101. The summed E-state index contributed by atoms with van der Waals surface area (Å²) in [6.07, 6.45) is 61.2. The Balaban J connectivity index is 5.22. The lowest BCUT2D eigenvalue weighted by molar-refractivity contribution is -0.161. The fraction of sp³-hybridized carbons (Fsp3) is 0.952. The molecular formula is C84H164O17P2. The van der Waals surface area contributed by atoms with Crippen LogP contribution in [0.4, 0.5) is 0 Å². The Kier molecular flexibility index (Phi) is 71.5. The Morgan fingerprint density at radius 3 is 0.602 bits per heavy atom. The van der Waals surface area contributed by atoms with Gasteiger partial charge in [0.15, 0.2) is 12.2 Å². The van der Waals surface area contributed by atoms with Crippen molar-refractivity contribution in [2.45, 2.75) is 453 Å². The number of carbonyl (C=O) groups excluding carboxylic acids is 4. The standard InChI is InChI=1S/C84H164O17P2/c1-74(2)60-52-44-36-30-24-18-12-9-10-14-22-28-34-40-50-58-66-83(88)100-79(70-94-81(86)64-56-48-39-33-27-21-17-16-20-26-32-38-46-54-62-76(5)6)72-98-102(90,91)96-68-78(85)69-97-103(92,93)99-73-80(71-95-82(87)65-57-49-43-42-47-55-63-77(7)8)101-84(89)67-59-51-41-35-29-23-15-11-13-19-25-31-37-45-53-61-75(3)4/h74-80,85H,9-73H2,1-8H3,(H,90,91)(H,92,93)/t78?,79-,80-/m1/s1. The van der Waals surface area contributed by atoms with Crippen molar-refractivity contribution < 1.29 is 80.2 Å². The number of hydrogen-bond acceptors (Lipinski definition) is 15. The quantitative estimate of drug-likeness (QED) is 0.0222. The second-order valence-electron chi connectivity index (χ2n) is 32.1. The first-order valence-electron chi connectivity index (χ1n) is 43.2. The number of phosphoric acid groups is 2. The predicted molar refractivity (Wildman–Crippen MR) is 423 cm³/mol. The van der Waals surface area contributed by atoms with Crippen molar-refractivity contribution in [1.29, 1.82) is 0 Å².